The normalized spacial score (nSPS) is 19.8. The van der Waals surface area contributed by atoms with Crippen molar-refractivity contribution in [2.75, 3.05) is 32.7 Å². The van der Waals surface area contributed by atoms with Crippen LogP contribution in [-0.2, 0) is 0 Å². The number of hydrogen-bond acceptors (Lipinski definition) is 3. The molecule has 4 heteroatoms. The Morgan fingerprint density at radius 1 is 1.21 bits per heavy atom. The van der Waals surface area contributed by atoms with Crippen molar-refractivity contribution in [2.45, 2.75) is 25.9 Å². The molecule has 0 radical (unpaired) electrons. The van der Waals surface area contributed by atoms with Gasteiger partial charge in [-0.1, -0.05) is 12.1 Å². The molecule has 2 rings (SSSR count). The van der Waals surface area contributed by atoms with Gasteiger partial charge in [-0.25, -0.2) is 4.39 Å². The maximum atomic E-state index is 13.2. The molecule has 106 valence electrons. The lowest BCUT2D eigenvalue weighted by molar-refractivity contribution is 0.104. The molecule has 0 spiro atoms. The molecule has 0 amide bonds. The van der Waals surface area contributed by atoms with Crippen molar-refractivity contribution in [3.05, 3.63) is 35.6 Å². The fourth-order valence-corrected chi connectivity index (χ4v) is 2.58. The highest BCUT2D eigenvalue weighted by Gasteiger charge is 2.20. The Balaban J connectivity index is 1.85. The molecule has 1 aromatic rings. The van der Waals surface area contributed by atoms with Crippen LogP contribution in [0.15, 0.2) is 24.3 Å². The summed E-state index contributed by atoms with van der Waals surface area (Å²) in [4.78, 5) is 4.85. The monoisotopic (exact) mass is 265 g/mol. The Labute approximate surface area is 115 Å². The standard InChI is InChI=1S/C15H24FN3/c1-12(2)19-8-6-18(7-9-19)11-15(17)13-4-3-5-14(16)10-13/h3-5,10,12,15H,6-9,11,17H2,1-2H3. The number of benzene rings is 1. The third-order valence-corrected chi connectivity index (χ3v) is 3.87. The van der Waals surface area contributed by atoms with Gasteiger partial charge < -0.3 is 5.73 Å². The average molecular weight is 265 g/mol. The van der Waals surface area contributed by atoms with E-state index in [0.29, 0.717) is 6.04 Å². The molecule has 1 atom stereocenters. The quantitative estimate of drug-likeness (QED) is 0.902. The summed E-state index contributed by atoms with van der Waals surface area (Å²) in [6.45, 7) is 9.53. The van der Waals surface area contributed by atoms with E-state index in [1.54, 1.807) is 6.07 Å². The summed E-state index contributed by atoms with van der Waals surface area (Å²) in [5.41, 5.74) is 7.05. The highest BCUT2D eigenvalue weighted by atomic mass is 19.1. The topological polar surface area (TPSA) is 32.5 Å². The van der Waals surface area contributed by atoms with Crippen LogP contribution < -0.4 is 5.73 Å². The van der Waals surface area contributed by atoms with Crippen molar-refractivity contribution in [1.82, 2.24) is 9.80 Å². The van der Waals surface area contributed by atoms with Gasteiger partial charge in [-0.15, -0.1) is 0 Å². The zero-order chi connectivity index (χ0) is 13.8. The van der Waals surface area contributed by atoms with Crippen molar-refractivity contribution in [1.29, 1.82) is 0 Å². The molecular formula is C15H24FN3. The number of halogens is 1. The predicted molar refractivity (Wildman–Crippen MR) is 76.5 cm³/mol. The van der Waals surface area contributed by atoms with Gasteiger partial charge in [0.15, 0.2) is 0 Å². The van der Waals surface area contributed by atoms with E-state index in [1.165, 1.54) is 12.1 Å². The first-order chi connectivity index (χ1) is 9.06. The molecule has 3 nitrogen and oxygen atoms in total. The smallest absolute Gasteiger partial charge is 0.123 e. The van der Waals surface area contributed by atoms with E-state index >= 15 is 0 Å². The summed E-state index contributed by atoms with van der Waals surface area (Å²) < 4.78 is 13.2. The molecule has 2 N–H and O–H groups in total. The first-order valence-electron chi connectivity index (χ1n) is 7.03. The van der Waals surface area contributed by atoms with Crippen LogP contribution in [0.4, 0.5) is 4.39 Å². The Kier molecular flexibility index (Phi) is 4.91. The molecule has 0 aromatic heterocycles. The molecule has 1 fully saturated rings. The lowest BCUT2D eigenvalue weighted by Gasteiger charge is -2.37. The highest BCUT2D eigenvalue weighted by Crippen LogP contribution is 2.15. The van der Waals surface area contributed by atoms with Gasteiger partial charge in [-0.3, -0.25) is 9.80 Å². The largest absolute Gasteiger partial charge is 0.323 e. The Hall–Kier alpha value is -0.970. The maximum absolute atomic E-state index is 13.2. The minimum Gasteiger partial charge on any atom is -0.323 e. The minimum atomic E-state index is -0.211. The maximum Gasteiger partial charge on any atom is 0.123 e. The van der Waals surface area contributed by atoms with Crippen LogP contribution in [0.3, 0.4) is 0 Å². The van der Waals surface area contributed by atoms with Crippen molar-refractivity contribution in [2.24, 2.45) is 5.73 Å². The second-order valence-corrected chi connectivity index (χ2v) is 5.59. The fourth-order valence-electron chi connectivity index (χ4n) is 2.58. The Morgan fingerprint density at radius 2 is 1.89 bits per heavy atom. The van der Waals surface area contributed by atoms with E-state index in [4.69, 9.17) is 5.73 Å². The van der Waals surface area contributed by atoms with Gasteiger partial charge in [0.05, 0.1) is 0 Å². The predicted octanol–water partition coefficient (Wildman–Crippen LogP) is 1.85. The van der Waals surface area contributed by atoms with Crippen LogP contribution in [0.25, 0.3) is 0 Å². The summed E-state index contributed by atoms with van der Waals surface area (Å²) >= 11 is 0. The van der Waals surface area contributed by atoms with Gasteiger partial charge in [0.2, 0.25) is 0 Å². The van der Waals surface area contributed by atoms with Gasteiger partial charge in [-0.05, 0) is 31.5 Å². The van der Waals surface area contributed by atoms with Gasteiger partial charge in [0.25, 0.3) is 0 Å². The third-order valence-electron chi connectivity index (χ3n) is 3.87. The number of nitrogens with two attached hydrogens (primary N) is 1. The van der Waals surface area contributed by atoms with Gasteiger partial charge in [-0.2, -0.15) is 0 Å². The van der Waals surface area contributed by atoms with Crippen LogP contribution in [-0.4, -0.2) is 48.6 Å². The highest BCUT2D eigenvalue weighted by molar-refractivity contribution is 5.20. The summed E-state index contributed by atoms with van der Waals surface area (Å²) in [5.74, 6) is -0.211. The van der Waals surface area contributed by atoms with Crippen molar-refractivity contribution >= 4 is 0 Å². The van der Waals surface area contributed by atoms with Gasteiger partial charge >= 0.3 is 0 Å². The summed E-state index contributed by atoms with van der Waals surface area (Å²) in [6.07, 6.45) is 0. The fraction of sp³-hybridized carbons (Fsp3) is 0.600. The van der Waals surface area contributed by atoms with Gasteiger partial charge in [0, 0.05) is 44.8 Å². The molecule has 1 saturated heterocycles. The van der Waals surface area contributed by atoms with E-state index in [2.05, 4.69) is 23.6 Å². The summed E-state index contributed by atoms with van der Waals surface area (Å²) in [6, 6.07) is 7.12. The Bertz CT molecular complexity index is 400. The minimum absolute atomic E-state index is 0.110. The zero-order valence-electron chi connectivity index (χ0n) is 11.8. The average Bonchev–Trinajstić information content (AvgIpc) is 2.39. The summed E-state index contributed by atoms with van der Waals surface area (Å²) in [7, 11) is 0. The van der Waals surface area contributed by atoms with Crippen LogP contribution in [0, 0.1) is 5.82 Å². The molecule has 0 aliphatic carbocycles. The second kappa shape index (κ2) is 6.46. The van der Waals surface area contributed by atoms with E-state index in [1.807, 2.05) is 6.07 Å². The molecule has 1 aliphatic rings. The number of hydrogen-bond donors (Lipinski definition) is 1. The van der Waals surface area contributed by atoms with Crippen LogP contribution in [0.1, 0.15) is 25.5 Å². The molecule has 19 heavy (non-hydrogen) atoms. The molecule has 1 aliphatic heterocycles. The van der Waals surface area contributed by atoms with Crippen LogP contribution >= 0.6 is 0 Å². The van der Waals surface area contributed by atoms with Crippen molar-refractivity contribution in [3.8, 4) is 0 Å². The third kappa shape index (κ3) is 4.00. The first kappa shape index (κ1) is 14.4. The number of nitrogens with zero attached hydrogens (tertiary/aromatic N) is 2. The molecular weight excluding hydrogens is 241 g/mol. The molecule has 0 bridgehead atoms. The molecule has 1 unspecified atom stereocenters. The van der Waals surface area contributed by atoms with E-state index in [0.717, 1.165) is 38.3 Å². The van der Waals surface area contributed by atoms with Gasteiger partial charge in [0.1, 0.15) is 5.82 Å². The molecule has 0 saturated carbocycles. The van der Waals surface area contributed by atoms with Crippen molar-refractivity contribution in [3.63, 3.8) is 0 Å². The molecule has 1 heterocycles. The van der Waals surface area contributed by atoms with E-state index in [9.17, 15) is 4.39 Å². The van der Waals surface area contributed by atoms with E-state index < -0.39 is 0 Å². The number of rotatable bonds is 4. The summed E-state index contributed by atoms with van der Waals surface area (Å²) in [5, 5.41) is 0. The first-order valence-corrected chi connectivity index (χ1v) is 7.03. The van der Waals surface area contributed by atoms with Crippen LogP contribution in [0.5, 0.6) is 0 Å². The second-order valence-electron chi connectivity index (χ2n) is 5.59. The Morgan fingerprint density at radius 3 is 2.47 bits per heavy atom. The molecule has 1 aromatic carbocycles. The van der Waals surface area contributed by atoms with E-state index in [-0.39, 0.29) is 11.9 Å². The number of piperazine rings is 1. The van der Waals surface area contributed by atoms with Crippen molar-refractivity contribution < 1.29 is 4.39 Å². The zero-order valence-corrected chi connectivity index (χ0v) is 11.8. The SMILES string of the molecule is CC(C)N1CCN(CC(N)c2cccc(F)c2)CC1. The van der Waals surface area contributed by atoms with Crippen LogP contribution in [0.2, 0.25) is 0 Å². The lowest BCUT2D eigenvalue weighted by Crippen LogP contribution is -2.50. The lowest BCUT2D eigenvalue weighted by atomic mass is 10.1.